The molecule has 4 nitrogen and oxygen atoms in total. The second-order valence-electron chi connectivity index (χ2n) is 2.19. The summed E-state index contributed by atoms with van der Waals surface area (Å²) < 4.78 is 12.6. The van der Waals surface area contributed by atoms with Crippen LogP contribution in [0.5, 0.6) is 0 Å². The van der Waals surface area contributed by atoms with Crippen molar-refractivity contribution in [2.24, 2.45) is 4.99 Å². The highest BCUT2D eigenvalue weighted by Gasteiger charge is 1.97. The summed E-state index contributed by atoms with van der Waals surface area (Å²) in [6, 6.07) is 2.74. The van der Waals surface area contributed by atoms with Crippen molar-refractivity contribution < 1.29 is 4.39 Å². The van der Waals surface area contributed by atoms with Gasteiger partial charge in [0.25, 0.3) is 0 Å². The van der Waals surface area contributed by atoms with E-state index in [1.165, 1.54) is 24.0 Å². The zero-order chi connectivity index (χ0) is 10.4. The van der Waals surface area contributed by atoms with Crippen LogP contribution in [0.25, 0.3) is 0 Å². The van der Waals surface area contributed by atoms with Gasteiger partial charge in [-0.2, -0.15) is 9.65 Å². The molecular weight excluding hydrogens is 203 g/mol. The highest BCUT2D eigenvalue weighted by atomic mass is 32.2. The van der Waals surface area contributed by atoms with Gasteiger partial charge in [-0.3, -0.25) is 5.32 Å². The molecule has 0 atom stereocenters. The molecule has 0 amide bonds. The number of pyridine rings is 1. The van der Waals surface area contributed by atoms with E-state index in [1.807, 2.05) is 0 Å². The van der Waals surface area contributed by atoms with Crippen molar-refractivity contribution in [2.75, 3.05) is 6.26 Å². The standard InChI is InChI=1S/C8H7FN4S/c1-14-8(12-5-10)13-6-2-3-11-7(9)4-6/h2-4H,1H3,(H,11,12,13). The van der Waals surface area contributed by atoms with E-state index in [9.17, 15) is 4.39 Å². The van der Waals surface area contributed by atoms with Gasteiger partial charge in [0.05, 0.1) is 5.69 Å². The first-order chi connectivity index (χ1) is 6.76. The van der Waals surface area contributed by atoms with Gasteiger partial charge in [-0.1, -0.05) is 11.8 Å². The van der Waals surface area contributed by atoms with E-state index in [-0.39, 0.29) is 0 Å². The first-order valence-electron chi connectivity index (χ1n) is 3.65. The van der Waals surface area contributed by atoms with Crippen molar-refractivity contribution in [3.63, 3.8) is 0 Å². The van der Waals surface area contributed by atoms with Gasteiger partial charge in [0.1, 0.15) is 0 Å². The molecule has 0 saturated carbocycles. The minimum Gasteiger partial charge on any atom is -0.271 e. The maximum atomic E-state index is 12.6. The predicted molar refractivity (Wildman–Crippen MR) is 53.6 cm³/mol. The average molecular weight is 210 g/mol. The van der Waals surface area contributed by atoms with Crippen molar-refractivity contribution in [1.29, 1.82) is 5.26 Å². The molecule has 1 rings (SSSR count). The minimum atomic E-state index is -0.594. The molecule has 1 N–H and O–H groups in total. The molecule has 0 spiro atoms. The van der Waals surface area contributed by atoms with E-state index >= 15 is 0 Å². The fourth-order valence-electron chi connectivity index (χ4n) is 0.751. The summed E-state index contributed by atoms with van der Waals surface area (Å²) in [7, 11) is 0. The zero-order valence-electron chi connectivity index (χ0n) is 7.36. The molecule has 0 unspecified atom stereocenters. The number of halogens is 1. The number of aromatic nitrogens is 1. The van der Waals surface area contributed by atoms with E-state index in [2.05, 4.69) is 15.3 Å². The van der Waals surface area contributed by atoms with Gasteiger partial charge in [-0.15, -0.1) is 0 Å². The Hall–Kier alpha value is -1.61. The highest BCUT2D eigenvalue weighted by molar-refractivity contribution is 8.13. The molecule has 14 heavy (non-hydrogen) atoms. The normalized spacial score (nSPS) is 10.8. The molecule has 0 aliphatic rings. The summed E-state index contributed by atoms with van der Waals surface area (Å²) in [6.07, 6.45) is 4.83. The van der Waals surface area contributed by atoms with Crippen molar-refractivity contribution >= 4 is 22.6 Å². The fourth-order valence-corrected chi connectivity index (χ4v) is 1.10. The van der Waals surface area contributed by atoms with Crippen LogP contribution in [0.4, 0.5) is 10.1 Å². The van der Waals surface area contributed by atoms with Gasteiger partial charge in [-0.05, 0) is 12.3 Å². The smallest absolute Gasteiger partial charge is 0.214 e. The summed E-state index contributed by atoms with van der Waals surface area (Å²) >= 11 is 1.27. The first-order valence-corrected chi connectivity index (χ1v) is 4.88. The quantitative estimate of drug-likeness (QED) is 0.252. The number of hydrogen-bond acceptors (Lipinski definition) is 4. The van der Waals surface area contributed by atoms with Crippen LogP contribution in [0.1, 0.15) is 0 Å². The summed E-state index contributed by atoms with van der Waals surface area (Å²) in [5.74, 6) is -0.594. The Morgan fingerprint density at radius 3 is 3.14 bits per heavy atom. The van der Waals surface area contributed by atoms with Gasteiger partial charge >= 0.3 is 0 Å². The number of amidine groups is 1. The van der Waals surface area contributed by atoms with Crippen molar-refractivity contribution in [3.05, 3.63) is 24.3 Å². The third-order valence-corrected chi connectivity index (χ3v) is 1.88. The van der Waals surface area contributed by atoms with Gasteiger partial charge in [0, 0.05) is 12.3 Å². The third kappa shape index (κ3) is 3.03. The van der Waals surface area contributed by atoms with E-state index in [1.54, 1.807) is 18.5 Å². The first kappa shape index (κ1) is 10.5. The number of rotatable bonds is 1. The molecule has 0 fully saturated rings. The van der Waals surface area contributed by atoms with Crippen LogP contribution < -0.4 is 5.32 Å². The Morgan fingerprint density at radius 2 is 2.57 bits per heavy atom. The number of thioether (sulfide) groups is 1. The number of aliphatic imine (C=N–C) groups is 1. The van der Waals surface area contributed by atoms with Crippen LogP contribution in [0.3, 0.4) is 0 Å². The lowest BCUT2D eigenvalue weighted by Gasteiger charge is -1.98. The molecule has 1 aromatic rings. The molecule has 0 radical (unpaired) electrons. The Balaban J connectivity index is 2.89. The Kier molecular flexibility index (Phi) is 3.88. The molecule has 1 aromatic heterocycles. The van der Waals surface area contributed by atoms with Gasteiger partial charge in [-0.25, -0.2) is 9.98 Å². The van der Waals surface area contributed by atoms with E-state index in [4.69, 9.17) is 5.26 Å². The Bertz CT molecular complexity index is 385. The lowest BCUT2D eigenvalue weighted by atomic mass is 10.4. The van der Waals surface area contributed by atoms with Gasteiger partial charge in [0.2, 0.25) is 5.95 Å². The second-order valence-corrected chi connectivity index (χ2v) is 2.99. The molecular formula is C8H7FN4S. The summed E-state index contributed by atoms with van der Waals surface area (Å²) in [6.45, 7) is 0. The van der Waals surface area contributed by atoms with E-state index in [0.29, 0.717) is 10.9 Å². The van der Waals surface area contributed by atoms with Crippen molar-refractivity contribution in [1.82, 2.24) is 10.3 Å². The Morgan fingerprint density at radius 1 is 1.79 bits per heavy atom. The highest BCUT2D eigenvalue weighted by Crippen LogP contribution is 2.13. The van der Waals surface area contributed by atoms with Crippen LogP contribution in [0.2, 0.25) is 0 Å². The number of nitrogens with zero attached hydrogens (tertiary/aromatic N) is 3. The monoisotopic (exact) mass is 210 g/mol. The van der Waals surface area contributed by atoms with Crippen LogP contribution in [0.15, 0.2) is 23.3 Å². The minimum absolute atomic E-state index is 0.415. The molecule has 6 heteroatoms. The lowest BCUT2D eigenvalue weighted by molar-refractivity contribution is 0.584. The SMILES string of the molecule is CSC(=Nc1ccnc(F)c1)NC#N. The topological polar surface area (TPSA) is 61.1 Å². The molecule has 1 heterocycles. The van der Waals surface area contributed by atoms with Gasteiger partial charge < -0.3 is 0 Å². The Labute approximate surface area is 84.9 Å². The fraction of sp³-hybridized carbons (Fsp3) is 0.125. The molecule has 0 aromatic carbocycles. The van der Waals surface area contributed by atoms with E-state index in [0.717, 1.165) is 0 Å². The third-order valence-electron chi connectivity index (χ3n) is 1.30. The maximum absolute atomic E-state index is 12.6. The largest absolute Gasteiger partial charge is 0.271 e. The van der Waals surface area contributed by atoms with Crippen LogP contribution in [-0.4, -0.2) is 16.4 Å². The summed E-state index contributed by atoms with van der Waals surface area (Å²) in [5.41, 5.74) is 0.421. The number of hydrogen-bond donors (Lipinski definition) is 1. The number of nitrogens with one attached hydrogen (secondary N) is 1. The van der Waals surface area contributed by atoms with Crippen molar-refractivity contribution in [2.45, 2.75) is 0 Å². The summed E-state index contributed by atoms with van der Waals surface area (Å²) in [4.78, 5) is 7.38. The van der Waals surface area contributed by atoms with E-state index < -0.39 is 5.95 Å². The van der Waals surface area contributed by atoms with Crippen LogP contribution in [0, 0.1) is 17.4 Å². The van der Waals surface area contributed by atoms with Crippen molar-refractivity contribution in [3.8, 4) is 6.19 Å². The van der Waals surface area contributed by atoms with Gasteiger partial charge in [0.15, 0.2) is 11.4 Å². The number of nitriles is 1. The lowest BCUT2D eigenvalue weighted by Crippen LogP contribution is -2.12. The average Bonchev–Trinajstić information content (AvgIpc) is 2.17. The predicted octanol–water partition coefficient (Wildman–Crippen LogP) is 1.64. The molecule has 0 aliphatic carbocycles. The maximum Gasteiger partial charge on any atom is 0.214 e. The molecule has 72 valence electrons. The second kappa shape index (κ2) is 5.19. The zero-order valence-corrected chi connectivity index (χ0v) is 8.18. The van der Waals surface area contributed by atoms with Crippen LogP contribution in [-0.2, 0) is 0 Å². The summed E-state index contributed by atoms with van der Waals surface area (Å²) in [5, 5.41) is 11.1. The molecule has 0 bridgehead atoms. The molecule has 0 aliphatic heterocycles. The van der Waals surface area contributed by atoms with Crippen LogP contribution >= 0.6 is 11.8 Å². The molecule has 0 saturated heterocycles.